The largest absolute Gasteiger partial charge is 0.315 e. The van der Waals surface area contributed by atoms with Crippen molar-refractivity contribution in [1.82, 2.24) is 10.2 Å². The molecule has 0 saturated carbocycles. The maximum Gasteiger partial charge on any atom is 0.0232 e. The lowest BCUT2D eigenvalue weighted by Crippen LogP contribution is -2.43. The van der Waals surface area contributed by atoms with Gasteiger partial charge in [0.2, 0.25) is 0 Å². The molecule has 2 heterocycles. The lowest BCUT2D eigenvalue weighted by molar-refractivity contribution is 0.138. The van der Waals surface area contributed by atoms with Crippen molar-refractivity contribution in [2.75, 3.05) is 26.2 Å². The van der Waals surface area contributed by atoms with E-state index >= 15 is 0 Å². The van der Waals surface area contributed by atoms with Crippen LogP contribution in [0.4, 0.5) is 0 Å². The molecule has 0 aliphatic carbocycles. The lowest BCUT2D eigenvalue weighted by Gasteiger charge is -2.35. The van der Waals surface area contributed by atoms with Crippen LogP contribution in [-0.4, -0.2) is 37.1 Å². The van der Waals surface area contributed by atoms with Crippen molar-refractivity contribution in [2.24, 2.45) is 5.92 Å². The molecule has 2 aliphatic rings. The molecule has 0 spiro atoms. The zero-order chi connectivity index (χ0) is 8.39. The molecule has 2 heteroatoms. The summed E-state index contributed by atoms with van der Waals surface area (Å²) in [6, 6.07) is 0.854. The highest BCUT2D eigenvalue weighted by molar-refractivity contribution is 4.83. The molecule has 2 aliphatic heterocycles. The smallest absolute Gasteiger partial charge is 0.0232 e. The van der Waals surface area contributed by atoms with Crippen LogP contribution in [-0.2, 0) is 0 Å². The van der Waals surface area contributed by atoms with Gasteiger partial charge in [0, 0.05) is 19.1 Å². The number of piperidine rings is 1. The molecule has 2 atom stereocenters. The summed E-state index contributed by atoms with van der Waals surface area (Å²) in [5.74, 6) is 0.930. The quantitative estimate of drug-likeness (QED) is 0.630. The summed E-state index contributed by atoms with van der Waals surface area (Å²) in [7, 11) is 0. The van der Waals surface area contributed by atoms with Gasteiger partial charge in [-0.2, -0.15) is 0 Å². The van der Waals surface area contributed by atoms with E-state index < -0.39 is 0 Å². The van der Waals surface area contributed by atoms with E-state index in [2.05, 4.69) is 17.1 Å². The van der Waals surface area contributed by atoms with Crippen LogP contribution < -0.4 is 5.32 Å². The van der Waals surface area contributed by atoms with E-state index in [-0.39, 0.29) is 0 Å². The van der Waals surface area contributed by atoms with E-state index in [9.17, 15) is 0 Å². The van der Waals surface area contributed by atoms with Crippen LogP contribution in [0.25, 0.3) is 0 Å². The van der Waals surface area contributed by atoms with Crippen LogP contribution in [0.2, 0.25) is 0 Å². The second-order valence-corrected chi connectivity index (χ2v) is 4.39. The molecule has 0 unspecified atom stereocenters. The highest BCUT2D eigenvalue weighted by Gasteiger charge is 2.25. The first-order chi connectivity index (χ1) is 5.86. The first kappa shape index (κ1) is 8.52. The topological polar surface area (TPSA) is 15.3 Å². The van der Waals surface area contributed by atoms with Gasteiger partial charge in [-0.25, -0.2) is 0 Å². The molecule has 1 N–H and O–H groups in total. The number of likely N-dealkylation sites (tertiary alicyclic amines) is 1. The van der Waals surface area contributed by atoms with Crippen molar-refractivity contribution in [1.29, 1.82) is 0 Å². The van der Waals surface area contributed by atoms with Gasteiger partial charge >= 0.3 is 0 Å². The molecular formula is C10H20N2. The van der Waals surface area contributed by atoms with Gasteiger partial charge in [0.1, 0.15) is 0 Å². The molecule has 2 rings (SSSR count). The summed E-state index contributed by atoms with van der Waals surface area (Å²) in [5.41, 5.74) is 0. The monoisotopic (exact) mass is 168 g/mol. The van der Waals surface area contributed by atoms with Gasteiger partial charge in [-0.3, -0.25) is 4.90 Å². The van der Waals surface area contributed by atoms with Crippen molar-refractivity contribution < 1.29 is 0 Å². The molecule has 0 aromatic carbocycles. The predicted octanol–water partition coefficient (Wildman–Crippen LogP) is 1.08. The Balaban J connectivity index is 1.85. The standard InChI is InChI=1S/C10H20N2/c1-9-3-2-6-12(8-9)10-4-5-11-7-10/h9-11H,2-8H2,1H3/t9-,10-/m0/s1. The normalized spacial score (nSPS) is 38.8. The Labute approximate surface area is 75.3 Å². The van der Waals surface area contributed by atoms with Crippen molar-refractivity contribution in [3.63, 3.8) is 0 Å². The second-order valence-electron chi connectivity index (χ2n) is 4.39. The molecule has 2 fully saturated rings. The Morgan fingerprint density at radius 3 is 2.92 bits per heavy atom. The lowest BCUT2D eigenvalue weighted by atomic mass is 9.98. The number of rotatable bonds is 1. The van der Waals surface area contributed by atoms with Crippen LogP contribution in [0.3, 0.4) is 0 Å². The first-order valence-corrected chi connectivity index (χ1v) is 5.31. The van der Waals surface area contributed by atoms with Crippen molar-refractivity contribution in [3.05, 3.63) is 0 Å². The van der Waals surface area contributed by atoms with E-state index in [0.29, 0.717) is 0 Å². The van der Waals surface area contributed by atoms with Gasteiger partial charge in [-0.05, 0) is 38.3 Å². The fourth-order valence-corrected chi connectivity index (χ4v) is 2.51. The fraction of sp³-hybridized carbons (Fsp3) is 1.00. The summed E-state index contributed by atoms with van der Waals surface area (Å²) in [4.78, 5) is 2.69. The van der Waals surface area contributed by atoms with Crippen molar-refractivity contribution in [3.8, 4) is 0 Å². The Morgan fingerprint density at radius 2 is 2.25 bits per heavy atom. The third kappa shape index (κ3) is 1.80. The summed E-state index contributed by atoms with van der Waals surface area (Å²) in [6.45, 7) is 7.53. The molecule has 0 bridgehead atoms. The Bertz CT molecular complexity index is 141. The number of nitrogens with zero attached hydrogens (tertiary/aromatic N) is 1. The van der Waals surface area contributed by atoms with Gasteiger partial charge in [0.25, 0.3) is 0 Å². The summed E-state index contributed by atoms with van der Waals surface area (Å²) in [6.07, 6.45) is 4.22. The molecule has 2 nitrogen and oxygen atoms in total. The summed E-state index contributed by atoms with van der Waals surface area (Å²) < 4.78 is 0. The number of nitrogens with one attached hydrogen (secondary N) is 1. The average Bonchev–Trinajstić information content (AvgIpc) is 2.56. The minimum atomic E-state index is 0.854. The highest BCUT2D eigenvalue weighted by Crippen LogP contribution is 2.19. The van der Waals surface area contributed by atoms with Crippen LogP contribution in [0.15, 0.2) is 0 Å². The second kappa shape index (κ2) is 3.75. The van der Waals surface area contributed by atoms with Crippen LogP contribution in [0.5, 0.6) is 0 Å². The SMILES string of the molecule is C[C@H]1CCCN([C@H]2CCNC2)C1. The predicted molar refractivity (Wildman–Crippen MR) is 51.2 cm³/mol. The first-order valence-electron chi connectivity index (χ1n) is 5.31. The van der Waals surface area contributed by atoms with Crippen LogP contribution in [0, 0.1) is 5.92 Å². The summed E-state index contributed by atoms with van der Waals surface area (Å²) >= 11 is 0. The third-order valence-electron chi connectivity index (χ3n) is 3.24. The maximum absolute atomic E-state index is 3.44. The minimum Gasteiger partial charge on any atom is -0.315 e. The van der Waals surface area contributed by atoms with Gasteiger partial charge < -0.3 is 5.32 Å². The average molecular weight is 168 g/mol. The molecule has 0 aromatic heterocycles. The van der Waals surface area contributed by atoms with E-state index in [1.165, 1.54) is 45.4 Å². The van der Waals surface area contributed by atoms with E-state index in [1.807, 2.05) is 0 Å². The zero-order valence-corrected chi connectivity index (χ0v) is 8.05. The Kier molecular flexibility index (Phi) is 2.66. The molecule has 0 amide bonds. The molecule has 0 aromatic rings. The highest BCUT2D eigenvalue weighted by atomic mass is 15.2. The van der Waals surface area contributed by atoms with Gasteiger partial charge in [0.15, 0.2) is 0 Å². The zero-order valence-electron chi connectivity index (χ0n) is 8.05. The molecule has 12 heavy (non-hydrogen) atoms. The summed E-state index contributed by atoms with van der Waals surface area (Å²) in [5, 5.41) is 3.44. The number of hydrogen-bond acceptors (Lipinski definition) is 2. The van der Waals surface area contributed by atoms with Crippen LogP contribution in [0.1, 0.15) is 26.2 Å². The van der Waals surface area contributed by atoms with Gasteiger partial charge in [-0.1, -0.05) is 6.92 Å². The molecule has 0 radical (unpaired) electrons. The minimum absolute atomic E-state index is 0.854. The van der Waals surface area contributed by atoms with Gasteiger partial charge in [0.05, 0.1) is 0 Å². The molecule has 2 saturated heterocycles. The Hall–Kier alpha value is -0.0800. The van der Waals surface area contributed by atoms with Crippen molar-refractivity contribution >= 4 is 0 Å². The van der Waals surface area contributed by atoms with Gasteiger partial charge in [-0.15, -0.1) is 0 Å². The maximum atomic E-state index is 3.44. The third-order valence-corrected chi connectivity index (χ3v) is 3.24. The van der Waals surface area contributed by atoms with E-state index in [4.69, 9.17) is 0 Å². The van der Waals surface area contributed by atoms with E-state index in [1.54, 1.807) is 0 Å². The molecular weight excluding hydrogens is 148 g/mol. The fourth-order valence-electron chi connectivity index (χ4n) is 2.51. The Morgan fingerprint density at radius 1 is 1.33 bits per heavy atom. The number of hydrogen-bond donors (Lipinski definition) is 1. The molecule has 70 valence electrons. The van der Waals surface area contributed by atoms with Crippen molar-refractivity contribution in [2.45, 2.75) is 32.2 Å². The van der Waals surface area contributed by atoms with Crippen LogP contribution >= 0.6 is 0 Å². The van der Waals surface area contributed by atoms with E-state index in [0.717, 1.165) is 12.0 Å².